The third kappa shape index (κ3) is 5.56. The average Bonchev–Trinajstić information content (AvgIpc) is 2.67. The topological polar surface area (TPSA) is 27.3 Å². The summed E-state index contributed by atoms with van der Waals surface area (Å²) in [4.78, 5) is 2.61. The number of likely N-dealkylation sites (tertiary alicyclic amines) is 1. The van der Waals surface area contributed by atoms with E-state index in [2.05, 4.69) is 81.5 Å². The molecule has 1 aromatic rings. The standard InChI is InChI=1S/C25H41N3/c1-8-12-25-21(9-2)13-11-16-28(25)19(6)24-15-14-23(17-22(24)10-3)27-20(7)26-18(4)5/h14-15,17-18,21,25-27H,6-13,16H2,1-5H3. The number of aryl methyl sites for hydroxylation is 1. The molecule has 28 heavy (non-hydrogen) atoms. The van der Waals surface area contributed by atoms with E-state index in [1.807, 2.05) is 0 Å². The monoisotopic (exact) mass is 383 g/mol. The smallest absolute Gasteiger partial charge is 0.0959 e. The Hall–Kier alpha value is -1.90. The molecule has 0 saturated carbocycles. The number of hydrogen-bond donors (Lipinski definition) is 2. The van der Waals surface area contributed by atoms with Gasteiger partial charge in [-0.3, -0.25) is 0 Å². The highest BCUT2D eigenvalue weighted by atomic mass is 15.2. The van der Waals surface area contributed by atoms with Crippen molar-refractivity contribution in [3.05, 3.63) is 48.3 Å². The second-order valence-electron chi connectivity index (χ2n) is 8.43. The van der Waals surface area contributed by atoms with Crippen molar-refractivity contribution >= 4 is 11.4 Å². The van der Waals surface area contributed by atoms with Gasteiger partial charge in [0.05, 0.1) is 5.82 Å². The molecule has 1 aliphatic rings. The highest BCUT2D eigenvalue weighted by Gasteiger charge is 2.31. The molecule has 2 unspecified atom stereocenters. The van der Waals surface area contributed by atoms with E-state index >= 15 is 0 Å². The molecule has 1 saturated heterocycles. The SMILES string of the molecule is C=C(Nc1ccc(C(=C)N2CCCC(CC)C2CCC)c(CC)c1)NC(C)C. The zero-order valence-corrected chi connectivity index (χ0v) is 18.8. The van der Waals surface area contributed by atoms with E-state index in [4.69, 9.17) is 0 Å². The van der Waals surface area contributed by atoms with Crippen LogP contribution in [0.1, 0.15) is 77.8 Å². The van der Waals surface area contributed by atoms with Crippen LogP contribution in [0.25, 0.3) is 5.70 Å². The maximum Gasteiger partial charge on any atom is 0.0959 e. The summed E-state index contributed by atoms with van der Waals surface area (Å²) >= 11 is 0. The number of hydrogen-bond acceptors (Lipinski definition) is 3. The van der Waals surface area contributed by atoms with Crippen LogP contribution in [-0.2, 0) is 6.42 Å². The quantitative estimate of drug-likeness (QED) is 0.490. The summed E-state index contributed by atoms with van der Waals surface area (Å²) in [5.41, 5.74) is 4.94. The lowest BCUT2D eigenvalue weighted by atomic mass is 9.83. The summed E-state index contributed by atoms with van der Waals surface area (Å²) in [6.45, 7) is 20.9. The van der Waals surface area contributed by atoms with Crippen LogP contribution < -0.4 is 10.6 Å². The fourth-order valence-electron chi connectivity index (χ4n) is 4.59. The molecule has 0 spiro atoms. The van der Waals surface area contributed by atoms with Gasteiger partial charge in [0.1, 0.15) is 0 Å². The van der Waals surface area contributed by atoms with Crippen molar-refractivity contribution in [3.63, 3.8) is 0 Å². The van der Waals surface area contributed by atoms with E-state index < -0.39 is 0 Å². The maximum absolute atomic E-state index is 4.56. The summed E-state index contributed by atoms with van der Waals surface area (Å²) in [6, 6.07) is 7.65. The highest BCUT2D eigenvalue weighted by Crippen LogP contribution is 2.35. The minimum atomic E-state index is 0.366. The summed E-state index contributed by atoms with van der Waals surface area (Å²) < 4.78 is 0. The van der Waals surface area contributed by atoms with E-state index in [-0.39, 0.29) is 0 Å². The van der Waals surface area contributed by atoms with Gasteiger partial charge in [0.2, 0.25) is 0 Å². The molecule has 2 N–H and O–H groups in total. The Bertz CT molecular complexity index is 662. The molecule has 1 aromatic carbocycles. The Morgan fingerprint density at radius 2 is 1.96 bits per heavy atom. The molecule has 156 valence electrons. The number of anilines is 1. The molecule has 2 atom stereocenters. The van der Waals surface area contributed by atoms with Gasteiger partial charge in [0.15, 0.2) is 0 Å². The maximum atomic E-state index is 4.56. The van der Waals surface area contributed by atoms with E-state index in [9.17, 15) is 0 Å². The number of rotatable bonds is 10. The molecule has 0 radical (unpaired) electrons. The first kappa shape index (κ1) is 22.4. The Labute approximate surface area is 173 Å². The van der Waals surface area contributed by atoms with Crippen LogP contribution in [0, 0.1) is 5.92 Å². The van der Waals surface area contributed by atoms with Gasteiger partial charge < -0.3 is 15.5 Å². The molecular formula is C25H41N3. The molecule has 0 amide bonds. The first-order valence-corrected chi connectivity index (χ1v) is 11.2. The fraction of sp³-hybridized carbons (Fsp3) is 0.600. The van der Waals surface area contributed by atoms with Crippen LogP contribution in [0.15, 0.2) is 37.2 Å². The Kier molecular flexibility index (Phi) is 8.47. The molecule has 2 rings (SSSR count). The molecule has 1 fully saturated rings. The van der Waals surface area contributed by atoms with E-state index in [1.165, 1.54) is 48.9 Å². The van der Waals surface area contributed by atoms with Crippen LogP contribution in [-0.4, -0.2) is 23.5 Å². The molecule has 0 aliphatic carbocycles. The zero-order valence-electron chi connectivity index (χ0n) is 18.8. The molecule has 1 heterocycles. The van der Waals surface area contributed by atoms with Gasteiger partial charge in [-0.25, -0.2) is 0 Å². The Morgan fingerprint density at radius 3 is 2.57 bits per heavy atom. The summed E-state index contributed by atoms with van der Waals surface area (Å²) in [7, 11) is 0. The molecular weight excluding hydrogens is 342 g/mol. The Balaban J connectivity index is 2.22. The van der Waals surface area contributed by atoms with Gasteiger partial charge in [0.25, 0.3) is 0 Å². The molecule has 3 heteroatoms. The van der Waals surface area contributed by atoms with Crippen molar-refractivity contribution < 1.29 is 0 Å². The van der Waals surface area contributed by atoms with Crippen LogP contribution >= 0.6 is 0 Å². The largest absolute Gasteiger partial charge is 0.370 e. The van der Waals surface area contributed by atoms with Gasteiger partial charge >= 0.3 is 0 Å². The first-order chi connectivity index (χ1) is 13.4. The predicted octanol–water partition coefficient (Wildman–Crippen LogP) is 6.39. The van der Waals surface area contributed by atoms with Crippen molar-refractivity contribution in [2.75, 3.05) is 11.9 Å². The van der Waals surface area contributed by atoms with Gasteiger partial charge in [-0.05, 0) is 63.1 Å². The van der Waals surface area contributed by atoms with E-state index in [1.54, 1.807) is 0 Å². The van der Waals surface area contributed by atoms with E-state index in [0.29, 0.717) is 12.1 Å². The molecule has 0 aromatic heterocycles. The normalized spacial score (nSPS) is 19.6. The number of nitrogens with zero attached hydrogens (tertiary/aromatic N) is 1. The lowest BCUT2D eigenvalue weighted by Gasteiger charge is -2.44. The molecule has 0 bridgehead atoms. The van der Waals surface area contributed by atoms with Crippen LogP contribution in [0.4, 0.5) is 5.69 Å². The van der Waals surface area contributed by atoms with Crippen molar-refractivity contribution in [1.82, 2.24) is 10.2 Å². The van der Waals surface area contributed by atoms with Crippen LogP contribution in [0.3, 0.4) is 0 Å². The molecule has 3 nitrogen and oxygen atoms in total. The third-order valence-corrected chi connectivity index (χ3v) is 5.93. The van der Waals surface area contributed by atoms with Gasteiger partial charge in [-0.1, -0.05) is 52.8 Å². The molecule has 1 aliphatic heterocycles. The summed E-state index contributed by atoms with van der Waals surface area (Å²) in [5, 5.41) is 6.71. The van der Waals surface area contributed by atoms with Gasteiger partial charge in [-0.15, -0.1) is 0 Å². The minimum absolute atomic E-state index is 0.366. The van der Waals surface area contributed by atoms with Crippen LogP contribution in [0.5, 0.6) is 0 Å². The van der Waals surface area contributed by atoms with Crippen molar-refractivity contribution in [1.29, 1.82) is 0 Å². The second kappa shape index (κ2) is 10.6. The van der Waals surface area contributed by atoms with Gasteiger partial charge in [0, 0.05) is 35.6 Å². The number of benzene rings is 1. The van der Waals surface area contributed by atoms with Gasteiger partial charge in [-0.2, -0.15) is 0 Å². The lowest BCUT2D eigenvalue weighted by Crippen LogP contribution is -2.43. The fourth-order valence-corrected chi connectivity index (χ4v) is 4.59. The zero-order chi connectivity index (χ0) is 20.7. The lowest BCUT2D eigenvalue weighted by molar-refractivity contribution is 0.140. The predicted molar refractivity (Wildman–Crippen MR) is 124 cm³/mol. The van der Waals surface area contributed by atoms with E-state index in [0.717, 1.165) is 30.4 Å². The second-order valence-corrected chi connectivity index (χ2v) is 8.43. The third-order valence-electron chi connectivity index (χ3n) is 5.93. The summed E-state index contributed by atoms with van der Waals surface area (Å²) in [6.07, 6.45) is 7.40. The summed E-state index contributed by atoms with van der Waals surface area (Å²) in [5.74, 6) is 1.63. The number of nitrogens with one attached hydrogen (secondary N) is 2. The Morgan fingerprint density at radius 1 is 1.21 bits per heavy atom. The van der Waals surface area contributed by atoms with Crippen molar-refractivity contribution in [2.45, 2.75) is 85.2 Å². The first-order valence-electron chi connectivity index (χ1n) is 11.2. The average molecular weight is 384 g/mol. The minimum Gasteiger partial charge on any atom is -0.370 e. The van der Waals surface area contributed by atoms with Crippen molar-refractivity contribution in [2.24, 2.45) is 5.92 Å². The number of piperidine rings is 1. The highest BCUT2D eigenvalue weighted by molar-refractivity contribution is 5.68. The van der Waals surface area contributed by atoms with Crippen LogP contribution in [0.2, 0.25) is 0 Å². The van der Waals surface area contributed by atoms with Crippen molar-refractivity contribution in [3.8, 4) is 0 Å².